The van der Waals surface area contributed by atoms with Crippen molar-refractivity contribution in [3.63, 3.8) is 0 Å². The molecular weight excluding hydrogens is 430 g/mol. The fourth-order valence-corrected chi connectivity index (χ4v) is 4.28. The quantitative estimate of drug-likeness (QED) is 0.441. The van der Waals surface area contributed by atoms with Crippen molar-refractivity contribution >= 4 is 38.4 Å². The van der Waals surface area contributed by atoms with Crippen molar-refractivity contribution < 1.29 is 13.9 Å². The van der Waals surface area contributed by atoms with E-state index < -0.39 is 0 Å². The highest BCUT2D eigenvalue weighted by Gasteiger charge is 2.20. The van der Waals surface area contributed by atoms with E-state index in [1.165, 1.54) is 0 Å². The fraction of sp³-hybridized carbons (Fsp3) is 0.292. The Kier molecular flexibility index (Phi) is 5.50. The average Bonchev–Trinajstić information content (AvgIpc) is 3.38. The van der Waals surface area contributed by atoms with Crippen LogP contribution in [0.25, 0.3) is 27.7 Å². The zero-order valence-corrected chi connectivity index (χ0v) is 18.5. The first-order chi connectivity index (χ1) is 14.0. The molecule has 0 aliphatic carbocycles. The average molecular weight is 454 g/mol. The molecule has 29 heavy (non-hydrogen) atoms. The lowest BCUT2D eigenvalue weighted by Crippen LogP contribution is -2.25. The summed E-state index contributed by atoms with van der Waals surface area (Å²) in [5.41, 5.74) is 5.67. The number of hydrogen-bond donors (Lipinski definition) is 0. The minimum atomic E-state index is 0.0696. The number of amides is 1. The van der Waals surface area contributed by atoms with E-state index in [4.69, 9.17) is 9.15 Å². The Morgan fingerprint density at radius 1 is 1.21 bits per heavy atom. The smallest absolute Gasteiger partial charge is 0.246 e. The van der Waals surface area contributed by atoms with Gasteiger partial charge in [0.2, 0.25) is 5.91 Å². The van der Waals surface area contributed by atoms with Crippen LogP contribution in [0.5, 0.6) is 5.75 Å². The Morgan fingerprint density at radius 2 is 1.90 bits per heavy atom. The highest BCUT2D eigenvalue weighted by molar-refractivity contribution is 9.10. The summed E-state index contributed by atoms with van der Waals surface area (Å²) in [5.74, 6) is 0.817. The van der Waals surface area contributed by atoms with Gasteiger partial charge in [-0.25, -0.2) is 0 Å². The summed E-state index contributed by atoms with van der Waals surface area (Å²) in [6.45, 7) is 5.64. The number of hydrogen-bond acceptors (Lipinski definition) is 3. The largest absolute Gasteiger partial charge is 0.496 e. The number of benzene rings is 2. The number of carbonyl (C=O) groups excluding carboxylic acids is 1. The number of fused-ring (bicyclic) bond motifs is 1. The van der Waals surface area contributed by atoms with Gasteiger partial charge in [0, 0.05) is 45.7 Å². The van der Waals surface area contributed by atoms with Gasteiger partial charge < -0.3 is 14.1 Å². The van der Waals surface area contributed by atoms with Gasteiger partial charge in [0.25, 0.3) is 0 Å². The Balaban J connectivity index is 1.83. The molecule has 1 aliphatic rings. The van der Waals surface area contributed by atoms with Crippen molar-refractivity contribution in [2.24, 2.45) is 0 Å². The lowest BCUT2D eigenvalue weighted by Gasteiger charge is -2.16. The third-order valence-corrected chi connectivity index (χ3v) is 6.11. The predicted octanol–water partition coefficient (Wildman–Crippen LogP) is 6.21. The summed E-state index contributed by atoms with van der Waals surface area (Å²) < 4.78 is 12.7. The number of aryl methyl sites for hydroxylation is 1. The second-order valence-corrected chi connectivity index (χ2v) is 8.39. The van der Waals surface area contributed by atoms with E-state index in [-0.39, 0.29) is 5.91 Å². The molecule has 0 N–H and O–H groups in total. The van der Waals surface area contributed by atoms with Crippen LogP contribution < -0.4 is 4.74 Å². The first-order valence-corrected chi connectivity index (χ1v) is 10.6. The van der Waals surface area contributed by atoms with Crippen LogP contribution in [0, 0.1) is 6.92 Å². The minimum Gasteiger partial charge on any atom is -0.496 e. The molecule has 0 spiro atoms. The number of carbonyl (C=O) groups is 1. The monoisotopic (exact) mass is 453 g/mol. The van der Waals surface area contributed by atoms with E-state index in [0.717, 1.165) is 74.9 Å². The van der Waals surface area contributed by atoms with E-state index in [9.17, 15) is 4.79 Å². The van der Waals surface area contributed by atoms with Gasteiger partial charge in [0.05, 0.1) is 13.4 Å². The van der Waals surface area contributed by atoms with Crippen LogP contribution in [0.4, 0.5) is 0 Å². The van der Waals surface area contributed by atoms with Gasteiger partial charge in [0.15, 0.2) is 0 Å². The van der Waals surface area contributed by atoms with Crippen LogP contribution in [-0.2, 0) is 4.79 Å². The molecule has 1 fully saturated rings. The molecule has 1 amide bonds. The second kappa shape index (κ2) is 8.07. The maximum absolute atomic E-state index is 12.6. The number of halogens is 1. The van der Waals surface area contributed by atoms with Crippen LogP contribution in [0.2, 0.25) is 0 Å². The Bertz CT molecular complexity index is 1090. The molecule has 1 aromatic heterocycles. The maximum atomic E-state index is 12.6. The van der Waals surface area contributed by atoms with Gasteiger partial charge >= 0.3 is 0 Å². The van der Waals surface area contributed by atoms with Crippen molar-refractivity contribution in [2.75, 3.05) is 20.2 Å². The van der Waals surface area contributed by atoms with Gasteiger partial charge in [-0.2, -0.15) is 0 Å². The first-order valence-electron chi connectivity index (χ1n) is 9.82. The number of nitrogens with zero attached hydrogens (tertiary/aromatic N) is 1. The number of rotatable bonds is 4. The Morgan fingerprint density at radius 3 is 2.55 bits per heavy atom. The fourth-order valence-electron chi connectivity index (χ4n) is 4.02. The maximum Gasteiger partial charge on any atom is 0.246 e. The zero-order chi connectivity index (χ0) is 20.5. The molecular formula is C24H24BrNO3. The van der Waals surface area contributed by atoms with Crippen LogP contribution in [0.3, 0.4) is 0 Å². The van der Waals surface area contributed by atoms with Gasteiger partial charge in [-0.3, -0.25) is 4.79 Å². The molecule has 4 nitrogen and oxygen atoms in total. The molecule has 2 aromatic carbocycles. The summed E-state index contributed by atoms with van der Waals surface area (Å²) in [4.78, 5) is 14.5. The van der Waals surface area contributed by atoms with Gasteiger partial charge in [-0.15, -0.1) is 0 Å². The van der Waals surface area contributed by atoms with Crippen molar-refractivity contribution in [2.45, 2.75) is 26.7 Å². The molecule has 0 bridgehead atoms. The summed E-state index contributed by atoms with van der Waals surface area (Å²) >= 11 is 3.49. The van der Waals surface area contributed by atoms with E-state index in [1.807, 2.05) is 30.9 Å². The molecule has 0 radical (unpaired) electrons. The van der Waals surface area contributed by atoms with Gasteiger partial charge in [0.1, 0.15) is 11.3 Å². The zero-order valence-electron chi connectivity index (χ0n) is 16.9. The Hall–Kier alpha value is -2.53. The van der Waals surface area contributed by atoms with Gasteiger partial charge in [-0.1, -0.05) is 28.1 Å². The molecule has 5 heteroatoms. The van der Waals surface area contributed by atoms with Crippen molar-refractivity contribution in [1.82, 2.24) is 4.90 Å². The summed E-state index contributed by atoms with van der Waals surface area (Å²) in [6, 6.07) is 10.2. The molecule has 0 saturated carbocycles. The first kappa shape index (κ1) is 19.8. The third kappa shape index (κ3) is 3.71. The van der Waals surface area contributed by atoms with E-state index in [2.05, 4.69) is 34.1 Å². The topological polar surface area (TPSA) is 42.7 Å². The lowest BCUT2D eigenvalue weighted by molar-refractivity contribution is -0.124. The summed E-state index contributed by atoms with van der Waals surface area (Å²) in [5, 5.41) is 1.02. The lowest BCUT2D eigenvalue weighted by atomic mass is 9.96. The normalized spacial score (nSPS) is 14.6. The predicted molar refractivity (Wildman–Crippen MR) is 120 cm³/mol. The van der Waals surface area contributed by atoms with Crippen molar-refractivity contribution in [3.8, 4) is 16.9 Å². The van der Waals surface area contributed by atoms with Crippen LogP contribution in [0.1, 0.15) is 30.9 Å². The summed E-state index contributed by atoms with van der Waals surface area (Å²) in [6.07, 6.45) is 5.68. The molecule has 150 valence electrons. The van der Waals surface area contributed by atoms with E-state index >= 15 is 0 Å². The molecule has 1 saturated heterocycles. The van der Waals surface area contributed by atoms with E-state index in [1.54, 1.807) is 19.4 Å². The summed E-state index contributed by atoms with van der Waals surface area (Å²) in [7, 11) is 1.66. The van der Waals surface area contributed by atoms with E-state index in [0.29, 0.717) is 0 Å². The van der Waals surface area contributed by atoms with Crippen molar-refractivity contribution in [3.05, 3.63) is 58.3 Å². The van der Waals surface area contributed by atoms with Gasteiger partial charge in [-0.05, 0) is 56.0 Å². The number of furan rings is 1. The SMILES string of the molecule is COc1c(/C(C)=C/C(=O)N2CCCC2)cc2c(-c3ccc(Br)cc3)coc2c1C. The van der Waals surface area contributed by atoms with Crippen LogP contribution in [0.15, 0.2) is 51.6 Å². The third-order valence-electron chi connectivity index (χ3n) is 5.59. The standard InChI is InChI=1S/C24H24BrNO3/c1-15(12-22(27)26-10-4-5-11-26)19-13-20-21(17-6-8-18(25)9-7-17)14-29-24(20)16(2)23(19)28-3/h6-9,12-14H,4-5,10-11H2,1-3H3/b15-12+. The highest BCUT2D eigenvalue weighted by Crippen LogP contribution is 2.40. The molecule has 0 atom stereocenters. The highest BCUT2D eigenvalue weighted by atomic mass is 79.9. The Labute approximate surface area is 179 Å². The molecule has 1 aliphatic heterocycles. The minimum absolute atomic E-state index is 0.0696. The number of methoxy groups -OCH3 is 1. The number of allylic oxidation sites excluding steroid dienone is 1. The molecule has 4 rings (SSSR count). The molecule has 0 unspecified atom stereocenters. The van der Waals surface area contributed by atoms with Crippen LogP contribution >= 0.6 is 15.9 Å². The number of likely N-dealkylation sites (tertiary alicyclic amines) is 1. The number of ether oxygens (including phenoxy) is 1. The second-order valence-electron chi connectivity index (χ2n) is 7.48. The molecule has 3 aromatic rings. The van der Waals surface area contributed by atoms with Crippen LogP contribution in [-0.4, -0.2) is 31.0 Å². The molecule has 2 heterocycles. The van der Waals surface area contributed by atoms with Crippen molar-refractivity contribution in [1.29, 1.82) is 0 Å².